The summed E-state index contributed by atoms with van der Waals surface area (Å²) < 4.78 is 12.7. The van der Waals surface area contributed by atoms with E-state index < -0.39 is 0 Å². The number of hydrogen-bond donors (Lipinski definition) is 0. The van der Waals surface area contributed by atoms with Crippen LogP contribution in [0.5, 0.6) is 11.5 Å². The number of benzene rings is 2. The Labute approximate surface area is 142 Å². The number of halogens is 2. The van der Waals surface area contributed by atoms with Crippen LogP contribution in [0.2, 0.25) is 10.0 Å². The molecule has 0 unspecified atom stereocenters. The van der Waals surface area contributed by atoms with E-state index in [1.165, 1.54) is 6.33 Å². The molecule has 0 aliphatic rings. The number of ether oxygens (including phenoxy) is 2. The zero-order chi connectivity index (χ0) is 16.1. The highest BCUT2D eigenvalue weighted by Gasteiger charge is 2.03. The summed E-state index contributed by atoms with van der Waals surface area (Å²) in [5.41, 5.74) is 0.853. The Morgan fingerprint density at radius 2 is 1.74 bits per heavy atom. The highest BCUT2D eigenvalue weighted by Crippen LogP contribution is 2.27. The van der Waals surface area contributed by atoms with E-state index >= 15 is 0 Å². The summed E-state index contributed by atoms with van der Waals surface area (Å²) in [6.07, 6.45) is 1.53. The second kappa shape index (κ2) is 7.30. The molecule has 23 heavy (non-hydrogen) atoms. The molecule has 8 heteroatoms. The average molecular weight is 351 g/mol. The van der Waals surface area contributed by atoms with Crippen LogP contribution in [-0.4, -0.2) is 33.4 Å². The van der Waals surface area contributed by atoms with E-state index in [0.29, 0.717) is 29.0 Å². The largest absolute Gasteiger partial charge is 0.490 e. The first kappa shape index (κ1) is 15.6. The molecule has 0 saturated heterocycles. The minimum atomic E-state index is 0.371. The first-order valence-corrected chi connectivity index (χ1v) is 7.52. The lowest BCUT2D eigenvalue weighted by Gasteiger charge is -2.10. The fourth-order valence-corrected chi connectivity index (χ4v) is 2.34. The number of aromatic nitrogens is 4. The third kappa shape index (κ3) is 4.12. The van der Waals surface area contributed by atoms with Crippen molar-refractivity contribution >= 4 is 23.2 Å². The second-order valence-corrected chi connectivity index (χ2v) is 5.36. The minimum absolute atomic E-state index is 0.371. The maximum Gasteiger partial charge on any atom is 0.143 e. The van der Waals surface area contributed by atoms with Gasteiger partial charge in [0.15, 0.2) is 0 Å². The number of rotatable bonds is 6. The molecule has 3 aromatic rings. The zero-order valence-electron chi connectivity index (χ0n) is 11.9. The first-order chi connectivity index (χ1) is 11.2. The molecule has 0 aliphatic carbocycles. The van der Waals surface area contributed by atoms with Crippen molar-refractivity contribution in [1.82, 2.24) is 20.2 Å². The molecule has 0 spiro atoms. The van der Waals surface area contributed by atoms with Crippen LogP contribution in [-0.2, 0) is 0 Å². The molecule has 0 aliphatic heterocycles. The topological polar surface area (TPSA) is 62.1 Å². The minimum Gasteiger partial charge on any atom is -0.490 e. The van der Waals surface area contributed by atoms with Gasteiger partial charge in [0.1, 0.15) is 31.0 Å². The molecule has 0 atom stereocenters. The summed E-state index contributed by atoms with van der Waals surface area (Å²) in [6, 6.07) is 12.5. The van der Waals surface area contributed by atoms with E-state index in [1.807, 2.05) is 24.3 Å². The monoisotopic (exact) mass is 350 g/mol. The van der Waals surface area contributed by atoms with Crippen LogP contribution in [0, 0.1) is 0 Å². The van der Waals surface area contributed by atoms with Gasteiger partial charge >= 0.3 is 0 Å². The third-order valence-electron chi connectivity index (χ3n) is 2.95. The summed E-state index contributed by atoms with van der Waals surface area (Å²) in [6.45, 7) is 0.763. The molecule has 0 amide bonds. The Balaban J connectivity index is 1.49. The summed E-state index contributed by atoms with van der Waals surface area (Å²) in [4.78, 5) is 0. The quantitative estimate of drug-likeness (QED) is 0.637. The van der Waals surface area contributed by atoms with Crippen LogP contribution in [0.1, 0.15) is 0 Å². The van der Waals surface area contributed by atoms with E-state index in [9.17, 15) is 0 Å². The standard InChI is InChI=1S/C15H12Cl2N4O2/c16-11-1-6-15(14(17)9-11)23-8-7-22-13-4-2-12(3-5-13)21-10-18-19-20-21/h1-6,9-10H,7-8H2. The summed E-state index contributed by atoms with van der Waals surface area (Å²) >= 11 is 11.9. The molecular weight excluding hydrogens is 339 g/mol. The van der Waals surface area contributed by atoms with Crippen molar-refractivity contribution in [3.8, 4) is 17.2 Å². The average Bonchev–Trinajstić information content (AvgIpc) is 3.08. The van der Waals surface area contributed by atoms with Crippen molar-refractivity contribution < 1.29 is 9.47 Å². The summed E-state index contributed by atoms with van der Waals surface area (Å²) in [5, 5.41) is 12.0. The van der Waals surface area contributed by atoms with Crippen LogP contribution in [0.25, 0.3) is 5.69 Å². The molecule has 2 aromatic carbocycles. The Morgan fingerprint density at radius 3 is 2.43 bits per heavy atom. The molecule has 1 aromatic heterocycles. The Morgan fingerprint density at radius 1 is 0.957 bits per heavy atom. The van der Waals surface area contributed by atoms with E-state index in [-0.39, 0.29) is 0 Å². The second-order valence-electron chi connectivity index (χ2n) is 4.52. The fraction of sp³-hybridized carbons (Fsp3) is 0.133. The van der Waals surface area contributed by atoms with Gasteiger partial charge in [-0.05, 0) is 52.9 Å². The van der Waals surface area contributed by atoms with Crippen LogP contribution < -0.4 is 9.47 Å². The van der Waals surface area contributed by atoms with Crippen molar-refractivity contribution in [2.24, 2.45) is 0 Å². The highest BCUT2D eigenvalue weighted by molar-refractivity contribution is 6.35. The third-order valence-corrected chi connectivity index (χ3v) is 3.48. The van der Waals surface area contributed by atoms with Gasteiger partial charge in [0.05, 0.1) is 10.7 Å². The molecule has 0 saturated carbocycles. The van der Waals surface area contributed by atoms with Crippen LogP contribution in [0.4, 0.5) is 0 Å². The Kier molecular flexibility index (Phi) is 4.95. The molecule has 118 valence electrons. The number of tetrazole rings is 1. The molecule has 1 heterocycles. The van der Waals surface area contributed by atoms with Crippen LogP contribution in [0.15, 0.2) is 48.8 Å². The normalized spacial score (nSPS) is 10.5. The van der Waals surface area contributed by atoms with E-state index in [2.05, 4.69) is 15.5 Å². The molecular formula is C15H12Cl2N4O2. The molecule has 6 nitrogen and oxygen atoms in total. The molecule has 0 fully saturated rings. The van der Waals surface area contributed by atoms with Crippen LogP contribution >= 0.6 is 23.2 Å². The maximum atomic E-state index is 6.02. The van der Waals surface area contributed by atoms with E-state index in [1.54, 1.807) is 22.9 Å². The van der Waals surface area contributed by atoms with E-state index in [0.717, 1.165) is 11.4 Å². The molecule has 0 N–H and O–H groups in total. The Hall–Kier alpha value is -2.31. The lowest BCUT2D eigenvalue weighted by Crippen LogP contribution is -2.09. The van der Waals surface area contributed by atoms with Gasteiger partial charge in [0.25, 0.3) is 0 Å². The zero-order valence-corrected chi connectivity index (χ0v) is 13.4. The fourth-order valence-electron chi connectivity index (χ4n) is 1.88. The highest BCUT2D eigenvalue weighted by atomic mass is 35.5. The lowest BCUT2D eigenvalue weighted by molar-refractivity contribution is 0.217. The number of nitrogens with zero attached hydrogens (tertiary/aromatic N) is 4. The van der Waals surface area contributed by atoms with Crippen molar-refractivity contribution in [2.75, 3.05) is 13.2 Å². The van der Waals surface area contributed by atoms with E-state index in [4.69, 9.17) is 32.7 Å². The van der Waals surface area contributed by atoms with Gasteiger partial charge in [0.2, 0.25) is 0 Å². The van der Waals surface area contributed by atoms with Crippen molar-refractivity contribution in [2.45, 2.75) is 0 Å². The smallest absolute Gasteiger partial charge is 0.143 e. The lowest BCUT2D eigenvalue weighted by atomic mass is 10.3. The van der Waals surface area contributed by atoms with Gasteiger partial charge in [-0.25, -0.2) is 4.68 Å². The van der Waals surface area contributed by atoms with Crippen molar-refractivity contribution in [3.05, 3.63) is 58.8 Å². The van der Waals surface area contributed by atoms with Gasteiger partial charge in [0, 0.05) is 5.02 Å². The Bertz CT molecular complexity index is 764. The number of hydrogen-bond acceptors (Lipinski definition) is 5. The molecule has 0 radical (unpaired) electrons. The molecule has 3 rings (SSSR count). The van der Waals surface area contributed by atoms with Gasteiger partial charge in [-0.2, -0.15) is 0 Å². The van der Waals surface area contributed by atoms with Crippen LogP contribution in [0.3, 0.4) is 0 Å². The van der Waals surface area contributed by atoms with Gasteiger partial charge < -0.3 is 9.47 Å². The predicted molar refractivity (Wildman–Crippen MR) is 86.6 cm³/mol. The van der Waals surface area contributed by atoms with Gasteiger partial charge in [-0.1, -0.05) is 23.2 Å². The predicted octanol–water partition coefficient (Wildman–Crippen LogP) is 3.43. The van der Waals surface area contributed by atoms with Gasteiger partial charge in [-0.15, -0.1) is 5.10 Å². The van der Waals surface area contributed by atoms with Gasteiger partial charge in [-0.3, -0.25) is 0 Å². The summed E-state index contributed by atoms with van der Waals surface area (Å²) in [5.74, 6) is 1.31. The summed E-state index contributed by atoms with van der Waals surface area (Å²) in [7, 11) is 0. The first-order valence-electron chi connectivity index (χ1n) is 6.76. The van der Waals surface area contributed by atoms with Crippen molar-refractivity contribution in [3.63, 3.8) is 0 Å². The maximum absolute atomic E-state index is 6.02. The SMILES string of the molecule is Clc1ccc(OCCOc2ccc(-n3cnnn3)cc2)c(Cl)c1. The molecule has 0 bridgehead atoms. The van der Waals surface area contributed by atoms with Crippen molar-refractivity contribution in [1.29, 1.82) is 0 Å².